The van der Waals surface area contributed by atoms with E-state index >= 15 is 0 Å². The second-order valence-electron chi connectivity index (χ2n) is 15.1. The van der Waals surface area contributed by atoms with Crippen LogP contribution in [0.15, 0.2) is 36.4 Å². The van der Waals surface area contributed by atoms with Gasteiger partial charge in [-0.15, -0.1) is 11.3 Å². The maximum Gasteiger partial charge on any atom is 0.348 e. The lowest BCUT2D eigenvalue weighted by Crippen LogP contribution is -2.41. The van der Waals surface area contributed by atoms with E-state index in [4.69, 9.17) is 18.6 Å². The zero-order valence-corrected chi connectivity index (χ0v) is 31.6. The fourth-order valence-electron chi connectivity index (χ4n) is 6.19. The summed E-state index contributed by atoms with van der Waals surface area (Å²) in [5.41, 5.74) is 2.16. The van der Waals surface area contributed by atoms with Crippen LogP contribution in [-0.4, -0.2) is 62.6 Å². The SMILES string of the molecule is CCCCC[C@H](O[Si](C)(C)C(C)(C)C)c1ccc(N2C(=O)CC[C@@H]2CCCc2ccc(C(=O)OC[C@@H]3OC(C)(C)O[C@H]3CO)s2)cc1. The van der Waals surface area contributed by atoms with Gasteiger partial charge in [0.1, 0.15) is 23.7 Å². The van der Waals surface area contributed by atoms with Gasteiger partial charge in [0, 0.05) is 23.0 Å². The molecule has 47 heavy (non-hydrogen) atoms. The lowest BCUT2D eigenvalue weighted by molar-refractivity contribution is -0.151. The molecule has 1 N–H and O–H groups in total. The van der Waals surface area contributed by atoms with E-state index in [2.05, 4.69) is 65.1 Å². The van der Waals surface area contributed by atoms with Crippen molar-refractivity contribution in [3.05, 3.63) is 51.7 Å². The summed E-state index contributed by atoms with van der Waals surface area (Å²) >= 11 is 1.44. The molecule has 262 valence electrons. The summed E-state index contributed by atoms with van der Waals surface area (Å²) in [4.78, 5) is 29.4. The van der Waals surface area contributed by atoms with E-state index in [9.17, 15) is 14.7 Å². The lowest BCUT2D eigenvalue weighted by Gasteiger charge is -2.39. The third-order valence-electron chi connectivity index (χ3n) is 9.85. The van der Waals surface area contributed by atoms with E-state index in [-0.39, 0.29) is 36.3 Å². The first-order chi connectivity index (χ1) is 22.1. The number of esters is 1. The van der Waals surface area contributed by atoms with Gasteiger partial charge in [0.15, 0.2) is 14.1 Å². The Labute approximate surface area is 287 Å². The van der Waals surface area contributed by atoms with Gasteiger partial charge in [-0.2, -0.15) is 0 Å². The number of hydrogen-bond donors (Lipinski definition) is 1. The second kappa shape index (κ2) is 16.1. The molecule has 8 nitrogen and oxygen atoms in total. The zero-order valence-electron chi connectivity index (χ0n) is 29.8. The van der Waals surface area contributed by atoms with Crippen LogP contribution in [0, 0.1) is 0 Å². The second-order valence-corrected chi connectivity index (χ2v) is 21.0. The molecule has 2 aliphatic heterocycles. The molecule has 2 saturated heterocycles. The Hall–Kier alpha value is -2.08. The molecule has 10 heteroatoms. The molecule has 1 amide bonds. The molecule has 0 bridgehead atoms. The normalized spacial score (nSPS) is 22.2. The van der Waals surface area contributed by atoms with Gasteiger partial charge < -0.3 is 28.6 Å². The number of carbonyl (C=O) groups excluding carboxylic acids is 2. The van der Waals surface area contributed by atoms with Crippen LogP contribution in [0.25, 0.3) is 0 Å². The van der Waals surface area contributed by atoms with Crippen LogP contribution in [0.1, 0.15) is 119 Å². The molecule has 0 radical (unpaired) electrons. The molecule has 1 aromatic carbocycles. The highest BCUT2D eigenvalue weighted by atomic mass is 32.1. The third kappa shape index (κ3) is 9.98. The van der Waals surface area contributed by atoms with Gasteiger partial charge in [0.2, 0.25) is 5.91 Å². The molecule has 0 spiro atoms. The molecule has 4 atom stereocenters. The molecule has 0 aliphatic carbocycles. The van der Waals surface area contributed by atoms with Crippen LogP contribution in [0.5, 0.6) is 0 Å². The first-order valence-electron chi connectivity index (χ1n) is 17.5. The Morgan fingerprint density at radius 3 is 2.45 bits per heavy atom. The van der Waals surface area contributed by atoms with E-state index in [0.717, 1.165) is 49.1 Å². The molecular weight excluding hydrogens is 631 g/mol. The first-order valence-corrected chi connectivity index (χ1v) is 21.2. The van der Waals surface area contributed by atoms with E-state index < -0.39 is 32.3 Å². The van der Waals surface area contributed by atoms with Crippen LogP contribution in [0.4, 0.5) is 5.69 Å². The average Bonchev–Trinajstić information content (AvgIpc) is 3.71. The average molecular weight is 688 g/mol. The van der Waals surface area contributed by atoms with Crippen LogP contribution in [-0.2, 0) is 29.9 Å². The van der Waals surface area contributed by atoms with E-state index in [1.807, 2.05) is 11.0 Å². The predicted octanol–water partition coefficient (Wildman–Crippen LogP) is 8.58. The summed E-state index contributed by atoms with van der Waals surface area (Å²) in [5.74, 6) is -1.03. The number of carbonyl (C=O) groups is 2. The van der Waals surface area contributed by atoms with Crippen LogP contribution in [0.2, 0.25) is 18.1 Å². The predicted molar refractivity (Wildman–Crippen MR) is 191 cm³/mol. The smallest absolute Gasteiger partial charge is 0.348 e. The maximum atomic E-state index is 13.0. The van der Waals surface area contributed by atoms with Crippen LogP contribution >= 0.6 is 11.3 Å². The molecule has 0 saturated carbocycles. The summed E-state index contributed by atoms with van der Waals surface area (Å²) in [6.07, 6.45) is 7.66. The Kier molecular flexibility index (Phi) is 12.9. The summed E-state index contributed by atoms with van der Waals surface area (Å²) in [6, 6.07) is 12.5. The van der Waals surface area contributed by atoms with Gasteiger partial charge in [-0.25, -0.2) is 4.79 Å². The number of aryl methyl sites for hydroxylation is 1. The Balaban J connectivity index is 1.32. The highest BCUT2D eigenvalue weighted by molar-refractivity contribution is 7.13. The monoisotopic (exact) mass is 687 g/mol. The zero-order chi connectivity index (χ0) is 34.4. The Morgan fingerprint density at radius 2 is 1.79 bits per heavy atom. The molecular formula is C37H57NO7SSi. The van der Waals surface area contributed by atoms with Crippen molar-refractivity contribution in [1.82, 2.24) is 0 Å². The van der Waals surface area contributed by atoms with Crippen molar-refractivity contribution in [3.8, 4) is 0 Å². The summed E-state index contributed by atoms with van der Waals surface area (Å²) in [7, 11) is -1.95. The summed E-state index contributed by atoms with van der Waals surface area (Å²) in [5, 5.41) is 9.70. The van der Waals surface area contributed by atoms with Gasteiger partial charge in [-0.1, -0.05) is 59.1 Å². The quantitative estimate of drug-likeness (QED) is 0.107. The van der Waals surface area contributed by atoms with Gasteiger partial charge in [-0.05, 0) is 93.9 Å². The molecule has 2 aliphatic rings. The number of nitrogens with zero attached hydrogens (tertiary/aromatic N) is 1. The van der Waals surface area contributed by atoms with Crippen molar-refractivity contribution in [2.75, 3.05) is 18.1 Å². The minimum atomic E-state index is -1.95. The molecule has 3 heterocycles. The fraction of sp³-hybridized carbons (Fsp3) is 0.676. The standard InChI is InChI=1S/C37H57NO7SSi/c1-9-10-11-15-30(45-47(7,8)36(2,3)4)26-16-18-28(19-17-26)38-27(20-23-34(38)40)13-12-14-29-21-22-33(46-29)35(41)42-25-32-31(24-39)43-37(5,6)44-32/h16-19,21-22,27,30-32,39H,9-15,20,23-25H2,1-8H3/t27-,30-,31-,32-/m0/s1. The fourth-order valence-corrected chi connectivity index (χ4v) is 8.46. The molecule has 0 unspecified atom stereocenters. The van der Waals surface area contributed by atoms with Crippen molar-refractivity contribution in [1.29, 1.82) is 0 Å². The molecule has 1 aromatic heterocycles. The highest BCUT2D eigenvalue weighted by Gasteiger charge is 2.42. The number of hydrogen-bond acceptors (Lipinski definition) is 8. The third-order valence-corrected chi connectivity index (χ3v) is 15.5. The number of anilines is 1. The minimum absolute atomic E-state index is 0.0242. The number of benzene rings is 1. The van der Waals surface area contributed by atoms with E-state index in [1.54, 1.807) is 19.9 Å². The number of aliphatic hydroxyl groups excluding tert-OH is 1. The molecule has 2 fully saturated rings. The van der Waals surface area contributed by atoms with Crippen molar-refractivity contribution < 1.29 is 33.3 Å². The van der Waals surface area contributed by atoms with E-state index in [0.29, 0.717) is 11.3 Å². The van der Waals surface area contributed by atoms with Crippen LogP contribution in [0.3, 0.4) is 0 Å². The minimum Gasteiger partial charge on any atom is -0.459 e. The Morgan fingerprint density at radius 1 is 1.09 bits per heavy atom. The number of amides is 1. The molecule has 4 rings (SSSR count). The highest BCUT2D eigenvalue weighted by Crippen LogP contribution is 2.41. The first kappa shape index (κ1) is 37.7. The van der Waals surface area contributed by atoms with E-state index in [1.165, 1.54) is 29.7 Å². The summed E-state index contributed by atoms with van der Waals surface area (Å²) < 4.78 is 23.8. The number of ether oxygens (including phenoxy) is 3. The van der Waals surface area contributed by atoms with Gasteiger partial charge in [-0.3, -0.25) is 4.79 Å². The van der Waals surface area contributed by atoms with Gasteiger partial charge >= 0.3 is 5.97 Å². The number of rotatable bonds is 16. The molecule has 2 aromatic rings. The maximum absolute atomic E-state index is 13.0. The topological polar surface area (TPSA) is 94.5 Å². The van der Waals surface area contributed by atoms with Crippen LogP contribution < -0.4 is 4.90 Å². The van der Waals surface area contributed by atoms with Crippen molar-refractivity contribution in [3.63, 3.8) is 0 Å². The lowest BCUT2D eigenvalue weighted by atomic mass is 10.0. The van der Waals surface area contributed by atoms with Crippen molar-refractivity contribution in [2.45, 2.75) is 148 Å². The summed E-state index contributed by atoms with van der Waals surface area (Å²) in [6.45, 7) is 17.1. The van der Waals surface area contributed by atoms with Crippen molar-refractivity contribution >= 4 is 37.2 Å². The Bertz CT molecular complexity index is 1320. The number of thiophene rings is 1. The van der Waals surface area contributed by atoms with Gasteiger partial charge in [0.05, 0.1) is 12.7 Å². The largest absolute Gasteiger partial charge is 0.459 e. The number of aliphatic hydroxyl groups is 1. The number of unbranched alkanes of at least 4 members (excludes halogenated alkanes) is 2. The van der Waals surface area contributed by atoms with Crippen molar-refractivity contribution in [2.24, 2.45) is 0 Å². The van der Waals surface area contributed by atoms with Gasteiger partial charge in [0.25, 0.3) is 0 Å².